The first-order chi connectivity index (χ1) is 17.0. The fourth-order valence-corrected chi connectivity index (χ4v) is 5.61. The molecule has 36 heavy (non-hydrogen) atoms. The SMILES string of the molecule is Cc1noc(NS(=O)(=O)c2cc3ccccc3o2)c1C.NS(=O)(=O)c1sccc1Oc1ccccc1. The zero-order valence-corrected chi connectivity index (χ0v) is 21.5. The number of rotatable bonds is 6. The van der Waals surface area contributed by atoms with E-state index in [1.54, 1.807) is 67.8 Å². The summed E-state index contributed by atoms with van der Waals surface area (Å²) >= 11 is 1.04. The lowest BCUT2D eigenvalue weighted by Crippen LogP contribution is -2.12. The number of aryl methyl sites for hydroxylation is 1. The molecule has 0 aliphatic heterocycles. The van der Waals surface area contributed by atoms with Gasteiger partial charge in [-0.1, -0.05) is 41.6 Å². The van der Waals surface area contributed by atoms with Gasteiger partial charge in [0.25, 0.3) is 20.0 Å². The molecule has 0 saturated heterocycles. The summed E-state index contributed by atoms with van der Waals surface area (Å²) in [5.74, 6) is 0.937. The maximum absolute atomic E-state index is 12.2. The van der Waals surface area contributed by atoms with E-state index in [2.05, 4.69) is 9.88 Å². The third kappa shape index (κ3) is 5.76. The Morgan fingerprint density at radius 1 is 0.972 bits per heavy atom. The number of nitrogens with one attached hydrogen (secondary N) is 1. The highest BCUT2D eigenvalue weighted by atomic mass is 32.2. The van der Waals surface area contributed by atoms with Gasteiger partial charge in [-0.25, -0.2) is 18.3 Å². The molecule has 2 aromatic carbocycles. The number of benzene rings is 2. The van der Waals surface area contributed by atoms with E-state index in [1.807, 2.05) is 12.1 Å². The number of hydrogen-bond acceptors (Lipinski definition) is 9. The van der Waals surface area contributed by atoms with Crippen molar-refractivity contribution in [3.63, 3.8) is 0 Å². The number of primary sulfonamides is 1. The summed E-state index contributed by atoms with van der Waals surface area (Å²) in [4.78, 5) is 0. The first-order valence-corrected chi connectivity index (χ1v) is 14.2. The Labute approximate surface area is 211 Å². The van der Waals surface area contributed by atoms with Gasteiger partial charge in [0.1, 0.15) is 11.3 Å². The van der Waals surface area contributed by atoms with Gasteiger partial charge < -0.3 is 13.7 Å². The third-order valence-corrected chi connectivity index (χ3v) is 8.45. The van der Waals surface area contributed by atoms with Crippen LogP contribution in [-0.4, -0.2) is 22.0 Å². The van der Waals surface area contributed by atoms with Crippen molar-refractivity contribution in [3.8, 4) is 11.5 Å². The van der Waals surface area contributed by atoms with Gasteiger partial charge in [0.05, 0.1) is 5.69 Å². The summed E-state index contributed by atoms with van der Waals surface area (Å²) in [6, 6.07) is 19.1. The Morgan fingerprint density at radius 2 is 1.67 bits per heavy atom. The van der Waals surface area contributed by atoms with Crippen LogP contribution >= 0.6 is 11.3 Å². The van der Waals surface area contributed by atoms with Crippen molar-refractivity contribution in [1.29, 1.82) is 0 Å². The highest BCUT2D eigenvalue weighted by molar-refractivity contribution is 7.92. The zero-order chi connectivity index (χ0) is 25.9. The lowest BCUT2D eigenvalue weighted by Gasteiger charge is -2.04. The van der Waals surface area contributed by atoms with Gasteiger partial charge in [0, 0.05) is 17.0 Å². The molecule has 0 amide bonds. The molecule has 0 fully saturated rings. The summed E-state index contributed by atoms with van der Waals surface area (Å²) in [5, 5.41) is 10.9. The molecule has 0 unspecified atom stereocenters. The second-order valence-corrected chi connectivity index (χ2v) is 11.7. The largest absolute Gasteiger partial charge is 0.455 e. The summed E-state index contributed by atoms with van der Waals surface area (Å²) in [7, 11) is -7.55. The van der Waals surface area contributed by atoms with Crippen molar-refractivity contribution in [2.75, 3.05) is 4.72 Å². The molecular formula is C23H21N3O7S3. The molecule has 0 aliphatic carbocycles. The summed E-state index contributed by atoms with van der Waals surface area (Å²) in [5.41, 5.74) is 1.79. The molecule has 3 heterocycles. The Kier molecular flexibility index (Phi) is 7.17. The molecule has 0 spiro atoms. The molecule has 5 aromatic rings. The van der Waals surface area contributed by atoms with Crippen molar-refractivity contribution in [3.05, 3.63) is 83.4 Å². The van der Waals surface area contributed by atoms with Crippen LogP contribution < -0.4 is 14.6 Å². The number of furan rings is 1. The number of hydrogen-bond donors (Lipinski definition) is 2. The molecule has 0 bridgehead atoms. The average molecular weight is 548 g/mol. The van der Waals surface area contributed by atoms with Crippen LogP contribution in [0.15, 0.2) is 90.4 Å². The van der Waals surface area contributed by atoms with Crippen LogP contribution in [-0.2, 0) is 20.0 Å². The van der Waals surface area contributed by atoms with E-state index in [-0.39, 0.29) is 20.9 Å². The molecule has 5 rings (SSSR count). The molecule has 10 nitrogen and oxygen atoms in total. The first kappa shape index (κ1) is 25.4. The predicted octanol–water partition coefficient (Wildman–Crippen LogP) is 5.03. The Hall–Kier alpha value is -3.65. The van der Waals surface area contributed by atoms with Gasteiger partial charge >= 0.3 is 0 Å². The van der Waals surface area contributed by atoms with Gasteiger partial charge in [0.2, 0.25) is 11.0 Å². The van der Waals surface area contributed by atoms with Crippen molar-refractivity contribution in [1.82, 2.24) is 5.16 Å². The lowest BCUT2D eigenvalue weighted by molar-refractivity contribution is 0.429. The van der Waals surface area contributed by atoms with Gasteiger partial charge in [-0.15, -0.1) is 11.3 Å². The standard InChI is InChI=1S/C13H12N2O4S.C10H9NO3S2/c1-8-9(2)14-19-13(8)15-20(16,17)12-7-10-5-3-4-6-11(10)18-12;11-16(12,13)10-9(6-7-15-10)14-8-4-2-1-3-5-8/h3-7,15H,1-2H3;1-7H,(H2,11,12,13). The van der Waals surface area contributed by atoms with E-state index in [4.69, 9.17) is 18.8 Å². The number of sulfonamides is 2. The van der Waals surface area contributed by atoms with E-state index >= 15 is 0 Å². The number of fused-ring (bicyclic) bond motifs is 1. The number of aromatic nitrogens is 1. The maximum Gasteiger partial charge on any atom is 0.297 e. The first-order valence-electron chi connectivity index (χ1n) is 10.3. The van der Waals surface area contributed by atoms with Crippen molar-refractivity contribution in [2.24, 2.45) is 5.14 Å². The van der Waals surface area contributed by atoms with Crippen LogP contribution in [0.5, 0.6) is 11.5 Å². The quantitative estimate of drug-likeness (QED) is 0.300. The molecule has 0 radical (unpaired) electrons. The molecule has 13 heteroatoms. The Balaban J connectivity index is 0.000000174. The van der Waals surface area contributed by atoms with Crippen LogP contribution in [0, 0.1) is 13.8 Å². The van der Waals surface area contributed by atoms with Gasteiger partial charge in [-0.2, -0.15) is 8.42 Å². The molecular weight excluding hydrogens is 526 g/mol. The molecule has 0 saturated carbocycles. The van der Waals surface area contributed by atoms with E-state index in [0.29, 0.717) is 22.6 Å². The number of thiophene rings is 1. The van der Waals surface area contributed by atoms with Crippen LogP contribution in [0.3, 0.4) is 0 Å². The van der Waals surface area contributed by atoms with E-state index < -0.39 is 20.0 Å². The fourth-order valence-electron chi connectivity index (χ4n) is 2.96. The van der Waals surface area contributed by atoms with Gasteiger partial charge in [-0.05, 0) is 43.5 Å². The molecule has 188 valence electrons. The maximum atomic E-state index is 12.2. The van der Waals surface area contributed by atoms with Crippen molar-refractivity contribution < 1.29 is 30.5 Å². The number of nitrogens with zero attached hydrogens (tertiary/aromatic N) is 1. The second kappa shape index (κ2) is 10.1. The number of anilines is 1. The third-order valence-electron chi connectivity index (χ3n) is 4.88. The second-order valence-electron chi connectivity index (χ2n) is 7.46. The Bertz CT molecular complexity index is 1670. The topological polar surface area (TPSA) is 155 Å². The Morgan fingerprint density at radius 3 is 2.31 bits per heavy atom. The molecule has 3 N–H and O–H groups in total. The average Bonchev–Trinajstić information content (AvgIpc) is 3.56. The van der Waals surface area contributed by atoms with Crippen LogP contribution in [0.2, 0.25) is 0 Å². The van der Waals surface area contributed by atoms with Crippen LogP contribution in [0.25, 0.3) is 11.0 Å². The molecule has 0 aliphatic rings. The van der Waals surface area contributed by atoms with E-state index in [9.17, 15) is 16.8 Å². The van der Waals surface area contributed by atoms with E-state index in [0.717, 1.165) is 16.7 Å². The normalized spacial score (nSPS) is 11.6. The fraction of sp³-hybridized carbons (Fsp3) is 0.0870. The summed E-state index contributed by atoms with van der Waals surface area (Å²) in [6.07, 6.45) is 0. The molecule has 0 atom stereocenters. The smallest absolute Gasteiger partial charge is 0.297 e. The van der Waals surface area contributed by atoms with Gasteiger partial charge in [0.15, 0.2) is 9.96 Å². The monoisotopic (exact) mass is 547 g/mol. The molecule has 3 aromatic heterocycles. The number of ether oxygens (including phenoxy) is 1. The highest BCUT2D eigenvalue weighted by Gasteiger charge is 2.23. The predicted molar refractivity (Wildman–Crippen MR) is 135 cm³/mol. The summed E-state index contributed by atoms with van der Waals surface area (Å²) < 4.78 is 65.0. The van der Waals surface area contributed by atoms with E-state index in [1.165, 1.54) is 6.07 Å². The minimum absolute atomic E-state index is 0.0383. The number of para-hydroxylation sites is 2. The summed E-state index contributed by atoms with van der Waals surface area (Å²) in [6.45, 7) is 3.46. The van der Waals surface area contributed by atoms with Crippen LogP contribution in [0.1, 0.15) is 11.3 Å². The number of nitrogens with two attached hydrogens (primary N) is 1. The van der Waals surface area contributed by atoms with Crippen molar-refractivity contribution in [2.45, 2.75) is 23.1 Å². The lowest BCUT2D eigenvalue weighted by atomic mass is 10.3. The minimum atomic E-state index is -3.83. The highest BCUT2D eigenvalue weighted by Crippen LogP contribution is 2.32. The van der Waals surface area contributed by atoms with Gasteiger partial charge in [-0.3, -0.25) is 0 Å². The van der Waals surface area contributed by atoms with Crippen molar-refractivity contribution >= 4 is 48.2 Å². The minimum Gasteiger partial charge on any atom is -0.455 e. The zero-order valence-electron chi connectivity index (χ0n) is 19.0. The van der Waals surface area contributed by atoms with Crippen LogP contribution in [0.4, 0.5) is 5.88 Å².